The lowest BCUT2D eigenvalue weighted by atomic mass is 10.0. The summed E-state index contributed by atoms with van der Waals surface area (Å²) in [5.41, 5.74) is 3.65. The van der Waals surface area contributed by atoms with Gasteiger partial charge in [-0.2, -0.15) is 0 Å². The molecule has 0 radical (unpaired) electrons. The number of hydrogen-bond donors (Lipinski definition) is 2. The average Bonchev–Trinajstić information content (AvgIpc) is 3.05. The number of aromatic hydroxyl groups is 1. The Morgan fingerprint density at radius 3 is 2.39 bits per heavy atom. The Morgan fingerprint density at radius 1 is 0.929 bits per heavy atom. The lowest BCUT2D eigenvalue weighted by Crippen LogP contribution is -2.19. The first kappa shape index (κ1) is 18.1. The van der Waals surface area contributed by atoms with E-state index < -0.39 is 0 Å². The van der Waals surface area contributed by atoms with E-state index in [1.807, 2.05) is 60.7 Å². The number of phenolic OH excluding ortho intramolecular Hbond substituents is 1. The highest BCUT2D eigenvalue weighted by Gasteiger charge is 2.24. The summed E-state index contributed by atoms with van der Waals surface area (Å²) in [7, 11) is 0. The first-order valence-electron chi connectivity index (χ1n) is 8.88. The van der Waals surface area contributed by atoms with Crippen LogP contribution in [0.4, 0.5) is 5.69 Å². The van der Waals surface area contributed by atoms with E-state index in [0.29, 0.717) is 15.6 Å². The van der Waals surface area contributed by atoms with Crippen molar-refractivity contribution in [2.24, 2.45) is 4.99 Å². The van der Waals surface area contributed by atoms with Crippen LogP contribution in [0.3, 0.4) is 0 Å². The molecule has 1 heterocycles. The summed E-state index contributed by atoms with van der Waals surface area (Å²) in [6.07, 6.45) is 2.47. The van der Waals surface area contributed by atoms with Crippen LogP contribution in [0.5, 0.6) is 5.75 Å². The van der Waals surface area contributed by atoms with Gasteiger partial charge >= 0.3 is 0 Å². The second kappa shape index (κ2) is 8.15. The molecule has 2 N–H and O–H groups in total. The van der Waals surface area contributed by atoms with E-state index in [0.717, 1.165) is 17.7 Å². The van der Waals surface area contributed by atoms with Crippen LogP contribution < -0.4 is 5.32 Å². The van der Waals surface area contributed by atoms with Gasteiger partial charge in [0.15, 0.2) is 5.17 Å². The molecular weight excluding hydrogens is 368 g/mol. The zero-order chi connectivity index (χ0) is 19.3. The zero-order valence-corrected chi connectivity index (χ0v) is 15.8. The van der Waals surface area contributed by atoms with Crippen molar-refractivity contribution in [1.29, 1.82) is 0 Å². The minimum atomic E-state index is -0.215. The summed E-state index contributed by atoms with van der Waals surface area (Å²) < 4.78 is 0. The van der Waals surface area contributed by atoms with Crippen molar-refractivity contribution < 1.29 is 9.90 Å². The third-order valence-corrected chi connectivity index (χ3v) is 5.18. The van der Waals surface area contributed by atoms with Gasteiger partial charge in [0.05, 0.1) is 10.6 Å². The molecule has 1 fully saturated rings. The largest absolute Gasteiger partial charge is 0.507 e. The Labute approximate surface area is 167 Å². The van der Waals surface area contributed by atoms with Gasteiger partial charge in [-0.05, 0) is 59.7 Å². The molecule has 28 heavy (non-hydrogen) atoms. The summed E-state index contributed by atoms with van der Waals surface area (Å²) in [6, 6.07) is 25.1. The summed E-state index contributed by atoms with van der Waals surface area (Å²) >= 11 is 1.27. The number of nitrogens with one attached hydrogen (secondary N) is 1. The van der Waals surface area contributed by atoms with Crippen LogP contribution in [0, 0.1) is 0 Å². The van der Waals surface area contributed by atoms with Crippen LogP contribution in [0.25, 0.3) is 6.08 Å². The second-order valence-corrected chi connectivity index (χ2v) is 7.40. The first-order valence-corrected chi connectivity index (χ1v) is 9.69. The lowest BCUT2D eigenvalue weighted by molar-refractivity contribution is -0.115. The molecule has 0 unspecified atom stereocenters. The zero-order valence-electron chi connectivity index (χ0n) is 15.0. The molecule has 0 atom stereocenters. The molecule has 4 nitrogen and oxygen atoms in total. The maximum atomic E-state index is 12.3. The van der Waals surface area contributed by atoms with E-state index in [-0.39, 0.29) is 11.7 Å². The first-order chi connectivity index (χ1) is 13.7. The Kier molecular flexibility index (Phi) is 5.26. The number of thioether (sulfide) groups is 1. The molecule has 1 saturated heterocycles. The molecule has 138 valence electrons. The minimum absolute atomic E-state index is 0.145. The molecule has 0 bridgehead atoms. The van der Waals surface area contributed by atoms with Gasteiger partial charge in [-0.1, -0.05) is 54.6 Å². The predicted octanol–water partition coefficient (Wildman–Crippen LogP) is 4.87. The van der Waals surface area contributed by atoms with Gasteiger partial charge in [0.2, 0.25) is 0 Å². The molecule has 0 saturated carbocycles. The molecule has 1 aliphatic heterocycles. The van der Waals surface area contributed by atoms with Crippen molar-refractivity contribution in [3.8, 4) is 5.75 Å². The molecule has 1 aliphatic rings. The van der Waals surface area contributed by atoms with E-state index >= 15 is 0 Å². The van der Waals surface area contributed by atoms with Gasteiger partial charge in [0.25, 0.3) is 5.91 Å². The molecule has 4 rings (SSSR count). The SMILES string of the molecule is O=C1NC(=Nc2ccccc2)S/C1=C/c1cc(Cc2ccccc2)ccc1O. The summed E-state index contributed by atoms with van der Waals surface area (Å²) in [6.45, 7) is 0. The van der Waals surface area contributed by atoms with Gasteiger partial charge in [0.1, 0.15) is 5.75 Å². The highest BCUT2D eigenvalue weighted by molar-refractivity contribution is 8.18. The van der Waals surface area contributed by atoms with Crippen molar-refractivity contribution in [3.05, 3.63) is 100 Å². The fraction of sp³-hybridized carbons (Fsp3) is 0.0435. The number of carbonyl (C=O) groups excluding carboxylic acids is 1. The number of carbonyl (C=O) groups is 1. The van der Waals surface area contributed by atoms with Crippen molar-refractivity contribution >= 4 is 34.6 Å². The molecular formula is C23H18N2O2S. The Balaban J connectivity index is 1.57. The normalized spacial score (nSPS) is 16.5. The number of amides is 1. The maximum absolute atomic E-state index is 12.3. The van der Waals surface area contributed by atoms with Crippen molar-refractivity contribution in [2.45, 2.75) is 6.42 Å². The monoisotopic (exact) mass is 386 g/mol. The van der Waals surface area contributed by atoms with E-state index in [1.54, 1.807) is 12.1 Å². The van der Waals surface area contributed by atoms with E-state index in [4.69, 9.17) is 0 Å². The van der Waals surface area contributed by atoms with E-state index in [1.165, 1.54) is 17.3 Å². The number of phenols is 1. The number of para-hydroxylation sites is 1. The Morgan fingerprint density at radius 2 is 1.64 bits per heavy atom. The number of hydrogen-bond acceptors (Lipinski definition) is 4. The molecule has 0 aliphatic carbocycles. The quantitative estimate of drug-likeness (QED) is 0.629. The van der Waals surface area contributed by atoms with Crippen LogP contribution in [-0.4, -0.2) is 16.2 Å². The molecule has 3 aromatic rings. The van der Waals surface area contributed by atoms with Crippen LogP contribution in [0.15, 0.2) is 88.8 Å². The number of nitrogens with zero attached hydrogens (tertiary/aromatic N) is 1. The minimum Gasteiger partial charge on any atom is -0.507 e. The predicted molar refractivity (Wildman–Crippen MR) is 115 cm³/mol. The highest BCUT2D eigenvalue weighted by atomic mass is 32.2. The van der Waals surface area contributed by atoms with Crippen molar-refractivity contribution in [3.63, 3.8) is 0 Å². The second-order valence-electron chi connectivity index (χ2n) is 6.37. The van der Waals surface area contributed by atoms with Gasteiger partial charge in [-0.15, -0.1) is 0 Å². The molecule has 5 heteroatoms. The smallest absolute Gasteiger partial charge is 0.264 e. The molecule has 0 aromatic heterocycles. The van der Waals surface area contributed by atoms with Crippen LogP contribution in [0.1, 0.15) is 16.7 Å². The Hall–Kier alpha value is -3.31. The van der Waals surface area contributed by atoms with E-state index in [9.17, 15) is 9.90 Å². The van der Waals surface area contributed by atoms with Gasteiger partial charge in [0, 0.05) is 5.56 Å². The Bertz CT molecular complexity index is 1060. The van der Waals surface area contributed by atoms with Crippen LogP contribution in [0.2, 0.25) is 0 Å². The van der Waals surface area contributed by atoms with Crippen LogP contribution >= 0.6 is 11.8 Å². The third-order valence-electron chi connectivity index (χ3n) is 4.27. The maximum Gasteiger partial charge on any atom is 0.264 e. The van der Waals surface area contributed by atoms with E-state index in [2.05, 4.69) is 22.4 Å². The van der Waals surface area contributed by atoms with Crippen LogP contribution in [-0.2, 0) is 11.2 Å². The number of benzene rings is 3. The molecule has 0 spiro atoms. The number of rotatable bonds is 4. The molecule has 1 amide bonds. The summed E-state index contributed by atoms with van der Waals surface area (Å²) in [5, 5.41) is 13.5. The summed E-state index contributed by atoms with van der Waals surface area (Å²) in [5.74, 6) is -0.0706. The average molecular weight is 386 g/mol. The van der Waals surface area contributed by atoms with Gasteiger partial charge in [-0.3, -0.25) is 4.79 Å². The van der Waals surface area contributed by atoms with Crippen molar-refractivity contribution in [1.82, 2.24) is 5.32 Å². The number of aliphatic imine (C=N–C) groups is 1. The van der Waals surface area contributed by atoms with Gasteiger partial charge < -0.3 is 10.4 Å². The van der Waals surface area contributed by atoms with Gasteiger partial charge in [-0.25, -0.2) is 4.99 Å². The number of amidine groups is 1. The standard InChI is InChI=1S/C23H18N2O2S/c26-20-12-11-17(13-16-7-3-1-4-8-16)14-18(20)15-21-22(27)25-23(28-21)24-19-9-5-2-6-10-19/h1-12,14-15,26H,13H2,(H,24,25,27)/b21-15+. The van der Waals surface area contributed by atoms with Crippen molar-refractivity contribution in [2.75, 3.05) is 0 Å². The fourth-order valence-corrected chi connectivity index (χ4v) is 3.74. The fourth-order valence-electron chi connectivity index (χ4n) is 2.90. The molecule has 3 aromatic carbocycles. The summed E-state index contributed by atoms with van der Waals surface area (Å²) in [4.78, 5) is 17.2. The third kappa shape index (κ3) is 4.32. The topological polar surface area (TPSA) is 61.7 Å². The lowest BCUT2D eigenvalue weighted by Gasteiger charge is -2.06. The highest BCUT2D eigenvalue weighted by Crippen LogP contribution is 2.31.